The third-order valence-electron chi connectivity index (χ3n) is 10.9. The van der Waals surface area contributed by atoms with Crippen molar-refractivity contribution in [3.8, 4) is 0 Å². The highest BCUT2D eigenvalue weighted by Gasteiger charge is 2.52. The van der Waals surface area contributed by atoms with Crippen molar-refractivity contribution in [1.29, 1.82) is 0 Å². The second kappa shape index (κ2) is 12.4. The Bertz CT molecular complexity index is 618. The Kier molecular flexibility index (Phi) is 10.4. The van der Waals surface area contributed by atoms with Gasteiger partial charge in [0.15, 0.2) is 0 Å². The molecule has 192 valence electrons. The third kappa shape index (κ3) is 6.86. The van der Waals surface area contributed by atoms with Crippen molar-refractivity contribution in [1.82, 2.24) is 0 Å². The van der Waals surface area contributed by atoms with Gasteiger partial charge < -0.3 is 0 Å². The zero-order chi connectivity index (χ0) is 24.1. The molecule has 7 atom stereocenters. The van der Waals surface area contributed by atoms with Gasteiger partial charge in [-0.05, 0) is 104 Å². The van der Waals surface area contributed by atoms with Gasteiger partial charge in [-0.1, -0.05) is 91.7 Å². The van der Waals surface area contributed by atoms with Gasteiger partial charge >= 0.3 is 0 Å². The van der Waals surface area contributed by atoms with E-state index in [9.17, 15) is 0 Å². The molecule has 0 aromatic heterocycles. The molecular weight excluding hydrogens is 416 g/mol. The lowest BCUT2D eigenvalue weighted by atomic mass is 9.48. The summed E-state index contributed by atoms with van der Waals surface area (Å²) in [5.74, 6) is 4.66. The van der Waals surface area contributed by atoms with E-state index in [-0.39, 0.29) is 0 Å². The molecule has 0 nitrogen and oxygen atoms in total. The number of hydrogen-bond acceptors (Lipinski definition) is 1. The maximum absolute atomic E-state index is 2.77. The van der Waals surface area contributed by atoms with Gasteiger partial charge in [0, 0.05) is 5.25 Å². The number of allylic oxidation sites excluding steroid dienone is 2. The van der Waals surface area contributed by atoms with Gasteiger partial charge in [-0.3, -0.25) is 0 Å². The van der Waals surface area contributed by atoms with E-state index < -0.39 is 0 Å². The Hall–Kier alpha value is 0.0900. The van der Waals surface area contributed by atoms with E-state index in [0.29, 0.717) is 10.8 Å². The van der Waals surface area contributed by atoms with Crippen LogP contribution in [-0.2, 0) is 0 Å². The minimum absolute atomic E-state index is 0.495. The first-order valence-corrected chi connectivity index (χ1v) is 16.2. The number of rotatable bonds is 10. The Morgan fingerprint density at radius 1 is 0.970 bits per heavy atom. The van der Waals surface area contributed by atoms with Crippen LogP contribution in [0.15, 0.2) is 11.6 Å². The Balaban J connectivity index is 1.62. The van der Waals surface area contributed by atoms with Crippen LogP contribution in [0.25, 0.3) is 0 Å². The normalized spacial score (nSPS) is 36.0. The predicted molar refractivity (Wildman–Crippen MR) is 151 cm³/mol. The summed E-state index contributed by atoms with van der Waals surface area (Å²) in [7, 11) is 0. The summed E-state index contributed by atoms with van der Waals surface area (Å²) >= 11 is 2.14. The van der Waals surface area contributed by atoms with Crippen molar-refractivity contribution in [3.63, 3.8) is 0 Å². The minimum atomic E-state index is 0.495. The van der Waals surface area contributed by atoms with E-state index in [1.54, 1.807) is 0 Å². The molecule has 0 bridgehead atoms. The van der Waals surface area contributed by atoms with Gasteiger partial charge in [0.2, 0.25) is 0 Å². The molecule has 0 radical (unpaired) electrons. The molecule has 0 heterocycles. The van der Waals surface area contributed by atoms with Crippen molar-refractivity contribution in [2.24, 2.45) is 40.4 Å². The van der Waals surface area contributed by atoms with E-state index in [4.69, 9.17) is 0 Å². The first-order valence-electron chi connectivity index (χ1n) is 14.9. The average Bonchev–Trinajstić information content (AvgIpc) is 2.77. The summed E-state index contributed by atoms with van der Waals surface area (Å²) in [4.78, 5) is 0. The highest BCUT2D eigenvalue weighted by Crippen LogP contribution is 2.61. The second-order valence-electron chi connectivity index (χ2n) is 13.6. The molecule has 7 unspecified atom stereocenters. The molecular formula is C32H58S. The fraction of sp³-hybridized carbons (Fsp3) is 0.938. The lowest BCUT2D eigenvalue weighted by Crippen LogP contribution is -2.48. The number of hydrogen-bond donors (Lipinski definition) is 0. The Morgan fingerprint density at radius 3 is 2.42 bits per heavy atom. The van der Waals surface area contributed by atoms with Crippen LogP contribution in [0.4, 0.5) is 0 Å². The summed E-state index contributed by atoms with van der Waals surface area (Å²) in [6, 6.07) is 0. The molecule has 0 N–H and O–H groups in total. The summed E-state index contributed by atoms with van der Waals surface area (Å²) in [6.45, 7) is 15.2. The third-order valence-corrected chi connectivity index (χ3v) is 12.1. The maximum Gasteiger partial charge on any atom is 0.00447 e. The molecule has 1 heteroatoms. The molecule has 3 aliphatic rings. The topological polar surface area (TPSA) is 0 Å². The largest absolute Gasteiger partial charge is 0.162 e. The molecule has 3 rings (SSSR count). The van der Waals surface area contributed by atoms with E-state index in [0.717, 1.165) is 34.8 Å². The smallest absolute Gasteiger partial charge is 0.00447 e. The number of thioether (sulfide) groups is 1. The minimum Gasteiger partial charge on any atom is -0.162 e. The second-order valence-corrected chi connectivity index (χ2v) is 14.7. The molecule has 2 fully saturated rings. The summed E-state index contributed by atoms with van der Waals surface area (Å²) in [6.07, 6.45) is 26.7. The van der Waals surface area contributed by atoms with Crippen LogP contribution in [-0.4, -0.2) is 11.5 Å². The molecule has 0 aliphatic heterocycles. The van der Waals surface area contributed by atoms with Gasteiger partial charge in [-0.2, -0.15) is 11.8 Å². The monoisotopic (exact) mass is 474 g/mol. The van der Waals surface area contributed by atoms with Crippen LogP contribution in [0.5, 0.6) is 0 Å². The zero-order valence-electron chi connectivity index (χ0n) is 23.6. The molecule has 0 saturated heterocycles. The first-order chi connectivity index (χ1) is 15.7. The zero-order valence-corrected chi connectivity index (χ0v) is 24.4. The van der Waals surface area contributed by atoms with Gasteiger partial charge in [0.25, 0.3) is 0 Å². The van der Waals surface area contributed by atoms with E-state index in [2.05, 4.69) is 65.6 Å². The molecule has 3 aliphatic carbocycles. The highest BCUT2D eigenvalue weighted by atomic mass is 32.2. The lowest BCUT2D eigenvalue weighted by molar-refractivity contribution is -0.0352. The van der Waals surface area contributed by atoms with E-state index >= 15 is 0 Å². The van der Waals surface area contributed by atoms with Crippen molar-refractivity contribution >= 4 is 11.8 Å². The standard InChI is InChI=1S/C32H58S/c1-8-24(2)12-9-13-25(3)14-10-17-29-28-19-18-26-15-11-16-27(33-7)20-23-32(26,6)30(28)21-22-31(29,4)5/h18,24-25,27-30H,8-17,19-23H2,1-7H3. The molecule has 0 aromatic carbocycles. The van der Waals surface area contributed by atoms with Gasteiger partial charge in [0.1, 0.15) is 0 Å². The van der Waals surface area contributed by atoms with Gasteiger partial charge in [0.05, 0.1) is 0 Å². The van der Waals surface area contributed by atoms with Crippen molar-refractivity contribution in [2.75, 3.05) is 6.26 Å². The van der Waals surface area contributed by atoms with Gasteiger partial charge in [-0.15, -0.1) is 0 Å². The van der Waals surface area contributed by atoms with E-state index in [1.165, 1.54) is 96.3 Å². The average molecular weight is 475 g/mol. The van der Waals surface area contributed by atoms with Crippen LogP contribution < -0.4 is 0 Å². The highest BCUT2D eigenvalue weighted by molar-refractivity contribution is 7.99. The fourth-order valence-electron chi connectivity index (χ4n) is 8.21. The number of fused-ring (bicyclic) bond motifs is 3. The van der Waals surface area contributed by atoms with Crippen molar-refractivity contribution < 1.29 is 0 Å². The summed E-state index contributed by atoms with van der Waals surface area (Å²) < 4.78 is 0. The van der Waals surface area contributed by atoms with Crippen LogP contribution in [0.2, 0.25) is 0 Å². The summed E-state index contributed by atoms with van der Waals surface area (Å²) in [5.41, 5.74) is 2.90. The maximum atomic E-state index is 2.77. The van der Waals surface area contributed by atoms with E-state index in [1.807, 2.05) is 5.57 Å². The van der Waals surface area contributed by atoms with Crippen molar-refractivity contribution in [3.05, 3.63) is 11.6 Å². The summed E-state index contributed by atoms with van der Waals surface area (Å²) in [5, 5.41) is 0.904. The Morgan fingerprint density at radius 2 is 1.70 bits per heavy atom. The molecule has 0 spiro atoms. The molecule has 33 heavy (non-hydrogen) atoms. The fourth-order valence-corrected chi connectivity index (χ4v) is 8.96. The van der Waals surface area contributed by atoms with Crippen LogP contribution >= 0.6 is 11.8 Å². The molecule has 2 saturated carbocycles. The van der Waals surface area contributed by atoms with Gasteiger partial charge in [-0.25, -0.2) is 0 Å². The van der Waals surface area contributed by atoms with Crippen molar-refractivity contribution in [2.45, 2.75) is 143 Å². The molecule has 0 amide bonds. The van der Waals surface area contributed by atoms with Crippen LogP contribution in [0.1, 0.15) is 138 Å². The predicted octanol–water partition coefficient (Wildman–Crippen LogP) is 10.7. The Labute approximate surface area is 212 Å². The van der Waals surface area contributed by atoms with Crippen LogP contribution in [0, 0.1) is 40.4 Å². The lowest BCUT2D eigenvalue weighted by Gasteiger charge is -2.57. The quantitative estimate of drug-likeness (QED) is 0.284. The molecule has 0 aromatic rings. The van der Waals surface area contributed by atoms with Crippen LogP contribution in [0.3, 0.4) is 0 Å². The first kappa shape index (κ1) is 27.7. The SMILES string of the molecule is CCC(C)CCCC(C)CCCC1C2CC=C3CCCC(SC)CCC3(C)C2CCC1(C)C.